The van der Waals surface area contributed by atoms with Crippen LogP contribution in [0.5, 0.6) is 5.75 Å². The molecule has 4 nitrogen and oxygen atoms in total. The van der Waals surface area contributed by atoms with Crippen molar-refractivity contribution in [3.63, 3.8) is 0 Å². The molecule has 1 rings (SSSR count). The normalized spacial score (nSPS) is 9.60. The van der Waals surface area contributed by atoms with Crippen LogP contribution >= 0.6 is 0 Å². The Kier molecular flexibility index (Phi) is 4.34. The minimum Gasteiger partial charge on any atom is -0.486 e. The van der Waals surface area contributed by atoms with Crippen LogP contribution in [-0.4, -0.2) is 23.5 Å². The van der Waals surface area contributed by atoms with Crippen molar-refractivity contribution in [3.05, 3.63) is 30.3 Å². The highest BCUT2D eigenvalue weighted by atomic mass is 16.5. The van der Waals surface area contributed by atoms with E-state index < -0.39 is 5.97 Å². The molecule has 4 heteroatoms. The largest absolute Gasteiger partial charge is 0.486 e. The molecule has 0 aliphatic rings. The number of benzene rings is 1. The Labute approximate surface area is 87.5 Å². The fourth-order valence-electron chi connectivity index (χ4n) is 0.999. The highest BCUT2D eigenvalue weighted by Gasteiger charge is 2.05. The maximum Gasteiger partial charge on any atom is 0.303 e. The van der Waals surface area contributed by atoms with Crippen molar-refractivity contribution >= 4 is 11.8 Å². The first-order valence-corrected chi connectivity index (χ1v) is 4.60. The van der Waals surface area contributed by atoms with Crippen molar-refractivity contribution in [1.82, 2.24) is 0 Å². The molecule has 80 valence electrons. The van der Waals surface area contributed by atoms with E-state index in [9.17, 15) is 9.59 Å². The fourth-order valence-corrected chi connectivity index (χ4v) is 0.999. The van der Waals surface area contributed by atoms with Crippen LogP contribution in [0.3, 0.4) is 0 Å². The highest BCUT2D eigenvalue weighted by Crippen LogP contribution is 2.08. The highest BCUT2D eigenvalue weighted by molar-refractivity contribution is 5.83. The Morgan fingerprint density at radius 1 is 1.13 bits per heavy atom. The molecule has 0 heterocycles. The monoisotopic (exact) mass is 208 g/mol. The average molecular weight is 208 g/mol. The van der Waals surface area contributed by atoms with Gasteiger partial charge in [-0.25, -0.2) is 0 Å². The van der Waals surface area contributed by atoms with E-state index in [1.54, 1.807) is 24.3 Å². The van der Waals surface area contributed by atoms with Crippen molar-refractivity contribution in [2.75, 3.05) is 6.61 Å². The molecule has 0 bridgehead atoms. The maximum atomic E-state index is 11.1. The molecule has 0 spiro atoms. The van der Waals surface area contributed by atoms with Gasteiger partial charge in [-0.1, -0.05) is 18.2 Å². The number of hydrogen-bond acceptors (Lipinski definition) is 3. The average Bonchev–Trinajstić information content (AvgIpc) is 2.25. The number of para-hydroxylation sites is 1. The number of carboxylic acids is 1. The Bertz CT molecular complexity index is 332. The lowest BCUT2D eigenvalue weighted by Gasteiger charge is -2.03. The summed E-state index contributed by atoms with van der Waals surface area (Å²) >= 11 is 0. The van der Waals surface area contributed by atoms with Crippen molar-refractivity contribution in [2.45, 2.75) is 12.8 Å². The van der Waals surface area contributed by atoms with E-state index in [0.717, 1.165) is 0 Å². The van der Waals surface area contributed by atoms with Crippen LogP contribution in [0.25, 0.3) is 0 Å². The van der Waals surface area contributed by atoms with Crippen LogP contribution in [0.1, 0.15) is 12.8 Å². The van der Waals surface area contributed by atoms with Gasteiger partial charge in [0.05, 0.1) is 6.42 Å². The Morgan fingerprint density at radius 3 is 2.40 bits per heavy atom. The topological polar surface area (TPSA) is 63.6 Å². The quantitative estimate of drug-likeness (QED) is 0.769. The zero-order chi connectivity index (χ0) is 11.1. The second kappa shape index (κ2) is 5.80. The van der Waals surface area contributed by atoms with Gasteiger partial charge >= 0.3 is 5.97 Å². The Morgan fingerprint density at radius 2 is 1.80 bits per heavy atom. The summed E-state index contributed by atoms with van der Waals surface area (Å²) in [6.07, 6.45) is -0.126. The number of ketones is 1. The van der Waals surface area contributed by atoms with E-state index in [2.05, 4.69) is 0 Å². The van der Waals surface area contributed by atoms with Crippen LogP contribution in [0.15, 0.2) is 30.3 Å². The summed E-state index contributed by atoms with van der Waals surface area (Å²) in [6, 6.07) is 8.93. The van der Waals surface area contributed by atoms with Crippen LogP contribution in [0, 0.1) is 0 Å². The van der Waals surface area contributed by atoms with E-state index in [1.807, 2.05) is 6.07 Å². The van der Waals surface area contributed by atoms with E-state index in [1.165, 1.54) is 0 Å². The lowest BCUT2D eigenvalue weighted by Crippen LogP contribution is -2.12. The maximum absolute atomic E-state index is 11.1. The van der Waals surface area contributed by atoms with Gasteiger partial charge in [-0.2, -0.15) is 0 Å². The lowest BCUT2D eigenvalue weighted by atomic mass is 10.2. The first-order valence-electron chi connectivity index (χ1n) is 4.60. The molecule has 0 unspecified atom stereocenters. The molecule has 0 aliphatic carbocycles. The lowest BCUT2D eigenvalue weighted by molar-refractivity contribution is -0.138. The summed E-state index contributed by atoms with van der Waals surface area (Å²) in [5.41, 5.74) is 0. The third-order valence-electron chi connectivity index (χ3n) is 1.76. The summed E-state index contributed by atoms with van der Waals surface area (Å²) in [5, 5.41) is 8.35. The summed E-state index contributed by atoms with van der Waals surface area (Å²) < 4.78 is 5.16. The minimum absolute atomic E-state index is 0.0160. The number of hydrogen-bond donors (Lipinski definition) is 1. The van der Waals surface area contributed by atoms with E-state index in [4.69, 9.17) is 9.84 Å². The fraction of sp³-hybridized carbons (Fsp3) is 0.273. The standard InChI is InChI=1S/C11H12O4/c12-9(6-7-11(13)14)8-15-10-4-2-1-3-5-10/h1-5H,6-8H2,(H,13,14). The van der Waals surface area contributed by atoms with Gasteiger partial charge in [0.1, 0.15) is 12.4 Å². The second-order valence-corrected chi connectivity index (χ2v) is 3.03. The summed E-state index contributed by atoms with van der Waals surface area (Å²) in [4.78, 5) is 21.3. The third-order valence-corrected chi connectivity index (χ3v) is 1.76. The predicted molar refractivity (Wildman–Crippen MR) is 53.8 cm³/mol. The van der Waals surface area contributed by atoms with Crippen LogP contribution in [0.2, 0.25) is 0 Å². The molecule has 0 aromatic heterocycles. The van der Waals surface area contributed by atoms with Gasteiger partial charge in [0.2, 0.25) is 0 Å². The van der Waals surface area contributed by atoms with Gasteiger partial charge in [0, 0.05) is 6.42 Å². The number of carboxylic acid groups (broad SMARTS) is 1. The van der Waals surface area contributed by atoms with Crippen LogP contribution in [0.4, 0.5) is 0 Å². The zero-order valence-electron chi connectivity index (χ0n) is 8.18. The van der Waals surface area contributed by atoms with Gasteiger partial charge in [-0.05, 0) is 12.1 Å². The molecule has 15 heavy (non-hydrogen) atoms. The zero-order valence-corrected chi connectivity index (χ0v) is 8.18. The molecule has 0 amide bonds. The molecular weight excluding hydrogens is 196 g/mol. The number of rotatable bonds is 6. The SMILES string of the molecule is O=C(O)CCC(=O)COc1ccccc1. The van der Waals surface area contributed by atoms with Crippen molar-refractivity contribution in [2.24, 2.45) is 0 Å². The smallest absolute Gasteiger partial charge is 0.303 e. The summed E-state index contributed by atoms with van der Waals surface area (Å²) in [7, 11) is 0. The molecular formula is C11H12O4. The molecule has 1 aromatic rings. The van der Waals surface area contributed by atoms with Gasteiger partial charge in [0.25, 0.3) is 0 Å². The van der Waals surface area contributed by atoms with Gasteiger partial charge in [-0.15, -0.1) is 0 Å². The first-order chi connectivity index (χ1) is 7.18. The predicted octanol–water partition coefficient (Wildman–Crippen LogP) is 1.50. The molecule has 1 N–H and O–H groups in total. The van der Waals surface area contributed by atoms with Crippen LogP contribution < -0.4 is 4.74 Å². The van der Waals surface area contributed by atoms with Crippen molar-refractivity contribution in [1.29, 1.82) is 0 Å². The van der Waals surface area contributed by atoms with Gasteiger partial charge in [0.15, 0.2) is 5.78 Å². The van der Waals surface area contributed by atoms with Gasteiger partial charge < -0.3 is 9.84 Å². The number of ether oxygens (including phenoxy) is 1. The van der Waals surface area contributed by atoms with E-state index >= 15 is 0 Å². The third kappa shape index (κ3) is 4.81. The number of aliphatic carboxylic acids is 1. The minimum atomic E-state index is -0.969. The molecule has 0 saturated heterocycles. The molecule has 0 fully saturated rings. The Hall–Kier alpha value is -1.84. The second-order valence-electron chi connectivity index (χ2n) is 3.03. The van der Waals surface area contributed by atoms with E-state index in [-0.39, 0.29) is 25.2 Å². The van der Waals surface area contributed by atoms with Crippen LogP contribution in [-0.2, 0) is 9.59 Å². The van der Waals surface area contributed by atoms with E-state index in [0.29, 0.717) is 5.75 Å². The van der Waals surface area contributed by atoms with Gasteiger partial charge in [-0.3, -0.25) is 9.59 Å². The molecule has 1 aromatic carbocycles. The van der Waals surface area contributed by atoms with Crippen molar-refractivity contribution in [3.8, 4) is 5.75 Å². The molecule has 0 radical (unpaired) electrons. The first kappa shape index (κ1) is 11.2. The molecule has 0 aliphatic heterocycles. The number of carbonyl (C=O) groups is 2. The van der Waals surface area contributed by atoms with Crippen molar-refractivity contribution < 1.29 is 19.4 Å². The Balaban J connectivity index is 2.26. The number of carbonyl (C=O) groups excluding carboxylic acids is 1. The molecule has 0 saturated carbocycles. The summed E-state index contributed by atoms with van der Waals surface area (Å²) in [5.74, 6) is -0.564. The summed E-state index contributed by atoms with van der Waals surface area (Å²) in [6.45, 7) is -0.0721. The number of Topliss-reactive ketones (excluding diaryl/α,β-unsaturated/α-hetero) is 1. The molecule has 0 atom stereocenters.